The van der Waals surface area contributed by atoms with Crippen molar-refractivity contribution in [3.63, 3.8) is 0 Å². The minimum atomic E-state index is -0.417. The molecule has 0 unspecified atom stereocenters. The van der Waals surface area contributed by atoms with E-state index in [1.807, 2.05) is 42.5 Å². The molecule has 0 aromatic heterocycles. The zero-order valence-corrected chi connectivity index (χ0v) is 20.4. The van der Waals surface area contributed by atoms with E-state index in [1.165, 1.54) is 27.9 Å². The smallest absolute Gasteiger partial charge is 0.283 e. The lowest BCUT2D eigenvalue weighted by Gasteiger charge is -2.20. The van der Waals surface area contributed by atoms with E-state index in [4.69, 9.17) is 14.9 Å². The summed E-state index contributed by atoms with van der Waals surface area (Å²) in [4.78, 5) is 16.7. The second kappa shape index (κ2) is 10.7. The van der Waals surface area contributed by atoms with Gasteiger partial charge in [-0.05, 0) is 85.5 Å². The first-order valence-corrected chi connectivity index (χ1v) is 12.2. The molecule has 0 radical (unpaired) electrons. The molecule has 176 valence electrons. The molecule has 0 aliphatic carbocycles. The molecule has 2 aliphatic heterocycles. The van der Waals surface area contributed by atoms with E-state index in [0.717, 1.165) is 35.6 Å². The number of aliphatic imine (C=N–C) groups is 1. The Balaban J connectivity index is 1.34. The molecule has 2 aromatic rings. The van der Waals surface area contributed by atoms with E-state index in [9.17, 15) is 4.79 Å². The van der Waals surface area contributed by atoms with Gasteiger partial charge < -0.3 is 9.47 Å². The molecule has 0 spiro atoms. The van der Waals surface area contributed by atoms with Crippen LogP contribution in [0.5, 0.6) is 11.5 Å². The van der Waals surface area contributed by atoms with Crippen molar-refractivity contribution in [3.05, 3.63) is 64.7 Å². The molecule has 1 N–H and O–H groups in total. The molecule has 0 fully saturated rings. The van der Waals surface area contributed by atoms with Gasteiger partial charge in [0.1, 0.15) is 29.8 Å². The largest absolute Gasteiger partial charge is 0.490 e. The highest BCUT2D eigenvalue weighted by atomic mass is 32.2. The van der Waals surface area contributed by atoms with Crippen molar-refractivity contribution in [2.45, 2.75) is 40.0 Å². The maximum absolute atomic E-state index is 12.5. The summed E-state index contributed by atoms with van der Waals surface area (Å²) in [7, 11) is 0. The topological polar surface area (TPSA) is 87.3 Å². The fourth-order valence-electron chi connectivity index (χ4n) is 3.41. The van der Waals surface area contributed by atoms with E-state index < -0.39 is 5.91 Å². The Morgan fingerprint density at radius 2 is 1.74 bits per heavy atom. The standard InChI is InChI=1S/C26H28N4O3S/c1-4-5-6-23-29-30-24(27)22(25(31)28-26(30)34-23)16-19-8-11-20(12-9-19)32-13-14-33-21-10-7-17(2)18(3)15-21/h7-12,15-16,27H,4-6,13-14H2,1-3H3/b22-16+,27-24?. The number of carbonyl (C=O) groups excluding carboxylic acids is 1. The molecule has 4 rings (SSSR count). The monoisotopic (exact) mass is 476 g/mol. The predicted molar refractivity (Wildman–Crippen MR) is 138 cm³/mol. The van der Waals surface area contributed by atoms with Crippen LogP contribution in [0.4, 0.5) is 0 Å². The highest BCUT2D eigenvalue weighted by Gasteiger charge is 2.35. The Hall–Kier alpha value is -3.39. The molecular weight excluding hydrogens is 448 g/mol. The molecule has 0 saturated heterocycles. The number of aryl methyl sites for hydroxylation is 2. The van der Waals surface area contributed by atoms with E-state index in [-0.39, 0.29) is 11.4 Å². The Morgan fingerprint density at radius 3 is 2.44 bits per heavy atom. The SMILES string of the molecule is CCCCC1=NN2C(=N)/C(=C\c3ccc(OCCOc4ccc(C)c(C)c4)cc3)C(=O)N=C2S1. The number of thioether (sulfide) groups is 1. The minimum Gasteiger partial charge on any atom is -0.490 e. The Bertz CT molecular complexity index is 1190. The number of fused-ring (bicyclic) bond motifs is 1. The average Bonchev–Trinajstić information content (AvgIpc) is 3.24. The van der Waals surface area contributed by atoms with Crippen LogP contribution < -0.4 is 9.47 Å². The Kier molecular flexibility index (Phi) is 7.47. The van der Waals surface area contributed by atoms with Crippen LogP contribution in [-0.2, 0) is 4.79 Å². The number of benzene rings is 2. The summed E-state index contributed by atoms with van der Waals surface area (Å²) < 4.78 is 11.5. The summed E-state index contributed by atoms with van der Waals surface area (Å²) in [6.07, 6.45) is 4.58. The number of carbonyl (C=O) groups is 1. The third kappa shape index (κ3) is 5.56. The molecule has 1 amide bonds. The van der Waals surface area contributed by atoms with Gasteiger partial charge in [0.25, 0.3) is 5.91 Å². The van der Waals surface area contributed by atoms with Gasteiger partial charge in [0.05, 0.1) is 5.57 Å². The fourth-order valence-corrected chi connectivity index (χ4v) is 4.34. The van der Waals surface area contributed by atoms with Crippen molar-refractivity contribution in [1.29, 1.82) is 5.41 Å². The van der Waals surface area contributed by atoms with E-state index in [0.29, 0.717) is 24.1 Å². The number of amides is 1. The molecule has 2 heterocycles. The van der Waals surface area contributed by atoms with Crippen molar-refractivity contribution in [2.24, 2.45) is 10.1 Å². The molecule has 0 bridgehead atoms. The van der Waals surface area contributed by atoms with Crippen LogP contribution in [0.15, 0.2) is 58.1 Å². The Labute approximate surface area is 204 Å². The highest BCUT2D eigenvalue weighted by molar-refractivity contribution is 8.26. The summed E-state index contributed by atoms with van der Waals surface area (Å²) in [5.74, 6) is 1.17. The van der Waals surface area contributed by atoms with Gasteiger partial charge in [0.15, 0.2) is 5.84 Å². The molecular formula is C26H28N4O3S. The normalized spacial score (nSPS) is 16.4. The van der Waals surface area contributed by atoms with Gasteiger partial charge in [0.2, 0.25) is 5.17 Å². The number of unbranched alkanes of at least 4 members (excludes halogenated alkanes) is 1. The molecule has 0 saturated carbocycles. The molecule has 7 nitrogen and oxygen atoms in total. The molecule has 2 aromatic carbocycles. The molecule has 8 heteroatoms. The second-order valence-corrected chi connectivity index (χ2v) is 9.17. The van der Waals surface area contributed by atoms with Gasteiger partial charge in [0, 0.05) is 0 Å². The van der Waals surface area contributed by atoms with E-state index in [1.54, 1.807) is 6.08 Å². The van der Waals surface area contributed by atoms with Gasteiger partial charge in [-0.1, -0.05) is 31.5 Å². The number of hydrazone groups is 1. The van der Waals surface area contributed by atoms with Gasteiger partial charge >= 0.3 is 0 Å². The minimum absolute atomic E-state index is 0.0535. The second-order valence-electron chi connectivity index (χ2n) is 8.13. The summed E-state index contributed by atoms with van der Waals surface area (Å²) in [5.41, 5.74) is 3.44. The molecule has 0 atom stereocenters. The van der Waals surface area contributed by atoms with Crippen molar-refractivity contribution in [3.8, 4) is 11.5 Å². The van der Waals surface area contributed by atoms with E-state index >= 15 is 0 Å². The zero-order valence-electron chi connectivity index (χ0n) is 19.6. The average molecular weight is 477 g/mol. The first kappa shape index (κ1) is 23.8. The number of hydrogen-bond donors (Lipinski definition) is 1. The van der Waals surface area contributed by atoms with Crippen molar-refractivity contribution in [1.82, 2.24) is 5.01 Å². The summed E-state index contributed by atoms with van der Waals surface area (Å²) in [5, 5.41) is 15.8. The summed E-state index contributed by atoms with van der Waals surface area (Å²) in [6.45, 7) is 7.11. The predicted octanol–water partition coefficient (Wildman–Crippen LogP) is 5.57. The number of rotatable bonds is 9. The molecule has 34 heavy (non-hydrogen) atoms. The highest BCUT2D eigenvalue weighted by Crippen LogP contribution is 2.30. The first-order chi connectivity index (χ1) is 16.4. The van der Waals surface area contributed by atoms with Crippen molar-refractivity contribution >= 4 is 39.8 Å². The van der Waals surface area contributed by atoms with Crippen LogP contribution in [0.1, 0.15) is 42.9 Å². The maximum Gasteiger partial charge on any atom is 0.283 e. The number of hydrogen-bond acceptors (Lipinski definition) is 6. The zero-order chi connectivity index (χ0) is 24.1. The lowest BCUT2D eigenvalue weighted by atomic mass is 10.1. The van der Waals surface area contributed by atoms with Crippen molar-refractivity contribution in [2.75, 3.05) is 13.2 Å². The quantitative estimate of drug-likeness (QED) is 0.378. The van der Waals surface area contributed by atoms with Crippen LogP contribution in [0.2, 0.25) is 0 Å². The number of ether oxygens (including phenoxy) is 2. The van der Waals surface area contributed by atoms with Crippen LogP contribution in [-0.4, -0.2) is 40.2 Å². The lowest BCUT2D eigenvalue weighted by Crippen LogP contribution is -2.35. The number of amidine groups is 2. The van der Waals surface area contributed by atoms with Crippen LogP contribution in [0.25, 0.3) is 6.08 Å². The number of nitrogens with one attached hydrogen (secondary N) is 1. The van der Waals surface area contributed by atoms with Crippen LogP contribution in [0.3, 0.4) is 0 Å². The summed E-state index contributed by atoms with van der Waals surface area (Å²) in [6, 6.07) is 13.4. The van der Waals surface area contributed by atoms with Gasteiger partial charge in [-0.3, -0.25) is 10.2 Å². The van der Waals surface area contributed by atoms with Gasteiger partial charge in [-0.25, -0.2) is 0 Å². The van der Waals surface area contributed by atoms with Gasteiger partial charge in [-0.2, -0.15) is 15.1 Å². The summed E-state index contributed by atoms with van der Waals surface area (Å²) >= 11 is 1.37. The van der Waals surface area contributed by atoms with E-state index in [2.05, 4.69) is 30.9 Å². The Morgan fingerprint density at radius 1 is 1.03 bits per heavy atom. The van der Waals surface area contributed by atoms with Crippen molar-refractivity contribution < 1.29 is 14.3 Å². The maximum atomic E-state index is 12.5. The third-order valence-electron chi connectivity index (χ3n) is 5.53. The first-order valence-electron chi connectivity index (χ1n) is 11.4. The number of nitrogens with zero attached hydrogens (tertiary/aromatic N) is 3. The fraction of sp³-hybridized carbons (Fsp3) is 0.308. The van der Waals surface area contributed by atoms with Gasteiger partial charge in [-0.15, -0.1) is 0 Å². The third-order valence-corrected chi connectivity index (χ3v) is 6.50. The lowest BCUT2D eigenvalue weighted by molar-refractivity contribution is -0.114. The molecule has 2 aliphatic rings. The van der Waals surface area contributed by atoms with Crippen LogP contribution >= 0.6 is 11.8 Å². The van der Waals surface area contributed by atoms with Crippen LogP contribution in [0, 0.1) is 19.3 Å².